The standard InChI is InChI=1S/C10H22N2/c1-9(2)12(4)8-10-6-5-7-11(10)3/h9-10H,5-8H2,1-4H3/t10-/m1/s1. The average Bonchev–Trinajstić information content (AvgIpc) is 2.36. The van der Waals surface area contributed by atoms with Crippen molar-refractivity contribution in [1.29, 1.82) is 0 Å². The van der Waals surface area contributed by atoms with E-state index in [1.165, 1.54) is 25.9 Å². The van der Waals surface area contributed by atoms with Gasteiger partial charge in [0.05, 0.1) is 0 Å². The molecular formula is C10H22N2. The van der Waals surface area contributed by atoms with E-state index >= 15 is 0 Å². The maximum absolute atomic E-state index is 2.48. The van der Waals surface area contributed by atoms with Crippen LogP contribution in [0.3, 0.4) is 0 Å². The maximum atomic E-state index is 2.48. The highest BCUT2D eigenvalue weighted by Crippen LogP contribution is 2.15. The van der Waals surface area contributed by atoms with Crippen LogP contribution in [-0.2, 0) is 0 Å². The third-order valence-corrected chi connectivity index (χ3v) is 3.05. The Labute approximate surface area is 76.5 Å². The fraction of sp³-hybridized carbons (Fsp3) is 1.00. The fourth-order valence-electron chi connectivity index (χ4n) is 1.75. The molecule has 0 aromatic carbocycles. The molecular weight excluding hydrogens is 148 g/mol. The molecule has 1 rings (SSSR count). The Morgan fingerprint density at radius 3 is 2.58 bits per heavy atom. The Kier molecular flexibility index (Phi) is 3.53. The molecule has 0 unspecified atom stereocenters. The quantitative estimate of drug-likeness (QED) is 0.632. The zero-order valence-electron chi connectivity index (χ0n) is 8.88. The second kappa shape index (κ2) is 4.24. The van der Waals surface area contributed by atoms with Gasteiger partial charge in [0.15, 0.2) is 0 Å². The third-order valence-electron chi connectivity index (χ3n) is 3.05. The first-order valence-corrected chi connectivity index (χ1v) is 5.01. The molecule has 1 saturated heterocycles. The highest BCUT2D eigenvalue weighted by Gasteiger charge is 2.22. The van der Waals surface area contributed by atoms with Crippen molar-refractivity contribution in [1.82, 2.24) is 9.80 Å². The van der Waals surface area contributed by atoms with Crippen molar-refractivity contribution in [2.45, 2.75) is 38.8 Å². The molecule has 0 spiro atoms. The molecule has 1 aliphatic heterocycles. The molecule has 1 fully saturated rings. The van der Waals surface area contributed by atoms with Gasteiger partial charge in [0.2, 0.25) is 0 Å². The van der Waals surface area contributed by atoms with Crippen LogP contribution in [0.15, 0.2) is 0 Å². The van der Waals surface area contributed by atoms with E-state index in [1.54, 1.807) is 0 Å². The molecule has 1 atom stereocenters. The van der Waals surface area contributed by atoms with Crippen LogP contribution < -0.4 is 0 Å². The maximum Gasteiger partial charge on any atom is 0.0220 e. The van der Waals surface area contributed by atoms with Gasteiger partial charge < -0.3 is 9.80 Å². The van der Waals surface area contributed by atoms with Gasteiger partial charge in [-0.05, 0) is 47.3 Å². The molecule has 0 bridgehead atoms. The molecule has 72 valence electrons. The predicted octanol–water partition coefficient (Wildman–Crippen LogP) is 1.42. The van der Waals surface area contributed by atoms with Gasteiger partial charge in [-0.25, -0.2) is 0 Å². The average molecular weight is 170 g/mol. The minimum absolute atomic E-state index is 0.680. The lowest BCUT2D eigenvalue weighted by molar-refractivity contribution is 0.192. The number of hydrogen-bond donors (Lipinski definition) is 0. The Morgan fingerprint density at radius 1 is 1.50 bits per heavy atom. The Hall–Kier alpha value is -0.0800. The zero-order chi connectivity index (χ0) is 9.14. The lowest BCUT2D eigenvalue weighted by Gasteiger charge is -2.28. The van der Waals surface area contributed by atoms with E-state index in [1.807, 2.05) is 0 Å². The number of likely N-dealkylation sites (N-methyl/N-ethyl adjacent to an activating group) is 2. The first kappa shape index (κ1) is 10.0. The Balaban J connectivity index is 2.30. The second-order valence-corrected chi connectivity index (χ2v) is 4.31. The summed E-state index contributed by atoms with van der Waals surface area (Å²) in [7, 11) is 4.46. The molecule has 0 N–H and O–H groups in total. The van der Waals surface area contributed by atoms with Crippen LogP contribution in [0.1, 0.15) is 26.7 Å². The van der Waals surface area contributed by atoms with E-state index in [-0.39, 0.29) is 0 Å². The molecule has 0 saturated carbocycles. The molecule has 0 radical (unpaired) electrons. The van der Waals surface area contributed by atoms with Crippen LogP contribution in [0.25, 0.3) is 0 Å². The van der Waals surface area contributed by atoms with Crippen LogP contribution >= 0.6 is 0 Å². The summed E-state index contributed by atoms with van der Waals surface area (Å²) in [5.74, 6) is 0. The highest BCUT2D eigenvalue weighted by molar-refractivity contribution is 4.79. The van der Waals surface area contributed by atoms with E-state index in [2.05, 4.69) is 37.7 Å². The monoisotopic (exact) mass is 170 g/mol. The summed E-state index contributed by atoms with van der Waals surface area (Å²) >= 11 is 0. The van der Waals surface area contributed by atoms with Gasteiger partial charge in [-0.2, -0.15) is 0 Å². The van der Waals surface area contributed by atoms with E-state index in [0.717, 1.165) is 6.04 Å². The molecule has 2 heteroatoms. The van der Waals surface area contributed by atoms with Gasteiger partial charge in [0.1, 0.15) is 0 Å². The zero-order valence-corrected chi connectivity index (χ0v) is 8.88. The smallest absolute Gasteiger partial charge is 0.0220 e. The fourth-order valence-corrected chi connectivity index (χ4v) is 1.75. The number of rotatable bonds is 3. The molecule has 1 heterocycles. The number of hydrogen-bond acceptors (Lipinski definition) is 2. The highest BCUT2D eigenvalue weighted by atomic mass is 15.2. The largest absolute Gasteiger partial charge is 0.302 e. The van der Waals surface area contributed by atoms with Crippen molar-refractivity contribution in [2.24, 2.45) is 0 Å². The predicted molar refractivity (Wildman–Crippen MR) is 53.4 cm³/mol. The second-order valence-electron chi connectivity index (χ2n) is 4.31. The molecule has 12 heavy (non-hydrogen) atoms. The normalized spacial score (nSPS) is 26.0. The summed E-state index contributed by atoms with van der Waals surface area (Å²) in [6.45, 7) is 7.04. The van der Waals surface area contributed by atoms with E-state index < -0.39 is 0 Å². The molecule has 2 nitrogen and oxygen atoms in total. The minimum Gasteiger partial charge on any atom is -0.302 e. The molecule has 0 amide bonds. The van der Waals surface area contributed by atoms with Crippen molar-refractivity contribution in [3.05, 3.63) is 0 Å². The molecule has 1 aliphatic rings. The Morgan fingerprint density at radius 2 is 2.17 bits per heavy atom. The van der Waals surface area contributed by atoms with Gasteiger partial charge in [0, 0.05) is 18.6 Å². The summed E-state index contributed by atoms with van der Waals surface area (Å²) < 4.78 is 0. The first-order chi connectivity index (χ1) is 5.61. The van der Waals surface area contributed by atoms with Crippen LogP contribution in [-0.4, -0.2) is 49.1 Å². The van der Waals surface area contributed by atoms with Crippen LogP contribution in [0, 0.1) is 0 Å². The first-order valence-electron chi connectivity index (χ1n) is 5.01. The van der Waals surface area contributed by atoms with Crippen molar-refractivity contribution >= 4 is 0 Å². The Bertz CT molecular complexity index is 134. The summed E-state index contributed by atoms with van der Waals surface area (Å²) in [5.41, 5.74) is 0. The third kappa shape index (κ3) is 2.46. The van der Waals surface area contributed by atoms with Crippen LogP contribution in [0.5, 0.6) is 0 Å². The summed E-state index contributed by atoms with van der Waals surface area (Å²) in [5, 5.41) is 0. The molecule has 0 aromatic heterocycles. The van der Waals surface area contributed by atoms with Crippen molar-refractivity contribution < 1.29 is 0 Å². The van der Waals surface area contributed by atoms with Gasteiger partial charge >= 0.3 is 0 Å². The van der Waals surface area contributed by atoms with E-state index in [4.69, 9.17) is 0 Å². The van der Waals surface area contributed by atoms with Crippen molar-refractivity contribution in [3.8, 4) is 0 Å². The summed E-state index contributed by atoms with van der Waals surface area (Å²) in [6.07, 6.45) is 2.76. The molecule has 0 aliphatic carbocycles. The van der Waals surface area contributed by atoms with Crippen LogP contribution in [0.4, 0.5) is 0 Å². The van der Waals surface area contributed by atoms with Gasteiger partial charge in [-0.15, -0.1) is 0 Å². The minimum atomic E-state index is 0.680. The summed E-state index contributed by atoms with van der Waals surface area (Å²) in [4.78, 5) is 4.92. The topological polar surface area (TPSA) is 6.48 Å². The number of likely N-dealkylation sites (tertiary alicyclic amines) is 1. The molecule has 0 aromatic rings. The van der Waals surface area contributed by atoms with Gasteiger partial charge in [-0.1, -0.05) is 0 Å². The van der Waals surface area contributed by atoms with Gasteiger partial charge in [0.25, 0.3) is 0 Å². The lowest BCUT2D eigenvalue weighted by atomic mass is 10.2. The SMILES string of the molecule is CC(C)N(C)C[C@H]1CCCN1C. The van der Waals surface area contributed by atoms with E-state index in [0.29, 0.717) is 6.04 Å². The van der Waals surface area contributed by atoms with Crippen LogP contribution in [0.2, 0.25) is 0 Å². The van der Waals surface area contributed by atoms with Crippen molar-refractivity contribution in [3.63, 3.8) is 0 Å². The van der Waals surface area contributed by atoms with E-state index in [9.17, 15) is 0 Å². The van der Waals surface area contributed by atoms with Crippen molar-refractivity contribution in [2.75, 3.05) is 27.2 Å². The summed E-state index contributed by atoms with van der Waals surface area (Å²) in [6, 6.07) is 1.48. The number of nitrogens with zero attached hydrogens (tertiary/aromatic N) is 2. The van der Waals surface area contributed by atoms with Gasteiger partial charge in [-0.3, -0.25) is 0 Å². The lowest BCUT2D eigenvalue weighted by Crippen LogP contribution is -2.39.